The second kappa shape index (κ2) is 6.77. The Morgan fingerprint density at radius 1 is 0.739 bits per heavy atom. The second-order valence-corrected chi connectivity index (χ2v) is 6.93. The maximum absolute atomic E-state index is 6.51. The van der Waals surface area contributed by atoms with E-state index in [2.05, 4.69) is 83.2 Å². The minimum absolute atomic E-state index is 0.709. The molecule has 0 atom stereocenters. The Bertz CT molecular complexity index is 765. The summed E-state index contributed by atoms with van der Waals surface area (Å²) >= 11 is 9.99. The molecule has 3 aromatic rings. The van der Waals surface area contributed by atoms with Gasteiger partial charge in [-0.25, -0.2) is 0 Å². The van der Waals surface area contributed by atoms with E-state index >= 15 is 0 Å². The minimum atomic E-state index is 0.709. The Morgan fingerprint density at radius 3 is 1.65 bits per heavy atom. The molecule has 0 saturated heterocycles. The zero-order chi connectivity index (χ0) is 16.4. The van der Waals surface area contributed by atoms with E-state index in [4.69, 9.17) is 11.6 Å². The molecule has 0 aliphatic rings. The number of benzene rings is 3. The molecule has 3 aromatic carbocycles. The van der Waals surface area contributed by atoms with E-state index in [9.17, 15) is 0 Å². The zero-order valence-corrected chi connectivity index (χ0v) is 15.4. The molecule has 0 spiro atoms. The molecule has 0 bridgehead atoms. The molecular formula is C20H17BrClN. The maximum Gasteiger partial charge on any atom is 0.0657 e. The molecule has 116 valence electrons. The van der Waals surface area contributed by atoms with E-state index in [0.717, 1.165) is 21.5 Å². The Morgan fingerprint density at radius 2 is 1.22 bits per heavy atom. The van der Waals surface area contributed by atoms with Gasteiger partial charge in [0, 0.05) is 15.8 Å². The predicted octanol–water partition coefficient (Wildman–Crippen LogP) is 7.19. The fourth-order valence-corrected chi connectivity index (χ4v) is 3.24. The Balaban J connectivity index is 2.16. The summed E-state index contributed by atoms with van der Waals surface area (Å²) in [5.41, 5.74) is 5.61. The van der Waals surface area contributed by atoms with E-state index in [-0.39, 0.29) is 0 Å². The van der Waals surface area contributed by atoms with E-state index in [0.29, 0.717) is 5.02 Å². The Labute approximate surface area is 150 Å². The molecular weight excluding hydrogens is 370 g/mol. The molecule has 0 unspecified atom stereocenters. The van der Waals surface area contributed by atoms with Crippen molar-refractivity contribution in [1.29, 1.82) is 0 Å². The van der Waals surface area contributed by atoms with Crippen molar-refractivity contribution >= 4 is 44.6 Å². The van der Waals surface area contributed by atoms with Crippen LogP contribution in [0.2, 0.25) is 5.02 Å². The van der Waals surface area contributed by atoms with Crippen LogP contribution >= 0.6 is 27.5 Å². The highest BCUT2D eigenvalue weighted by atomic mass is 79.9. The normalized spacial score (nSPS) is 10.6. The largest absolute Gasteiger partial charge is 0.309 e. The molecule has 0 radical (unpaired) electrons. The van der Waals surface area contributed by atoms with Crippen LogP contribution in [0.3, 0.4) is 0 Å². The number of rotatable bonds is 3. The van der Waals surface area contributed by atoms with Gasteiger partial charge in [-0.2, -0.15) is 0 Å². The summed E-state index contributed by atoms with van der Waals surface area (Å²) in [7, 11) is 0. The van der Waals surface area contributed by atoms with Gasteiger partial charge in [0.05, 0.1) is 10.7 Å². The number of hydrogen-bond acceptors (Lipinski definition) is 1. The molecule has 23 heavy (non-hydrogen) atoms. The van der Waals surface area contributed by atoms with Gasteiger partial charge in [-0.05, 0) is 56.3 Å². The average Bonchev–Trinajstić information content (AvgIpc) is 2.53. The number of hydrogen-bond donors (Lipinski definition) is 0. The van der Waals surface area contributed by atoms with E-state index in [1.165, 1.54) is 11.1 Å². The highest BCUT2D eigenvalue weighted by molar-refractivity contribution is 9.10. The molecule has 3 heteroatoms. The summed E-state index contributed by atoms with van der Waals surface area (Å²) in [5, 5.41) is 0.709. The number of aryl methyl sites for hydroxylation is 2. The van der Waals surface area contributed by atoms with Crippen LogP contribution in [0.5, 0.6) is 0 Å². The standard InChI is InChI=1S/C20H17BrClN/c1-14-3-8-17(9-4-14)23(18-10-5-15(2)6-11-18)20-12-7-16(21)13-19(20)22/h3-13H,1-2H3. The molecule has 0 heterocycles. The van der Waals surface area contributed by atoms with Crippen molar-refractivity contribution < 1.29 is 0 Å². The fraction of sp³-hybridized carbons (Fsp3) is 0.100. The summed E-state index contributed by atoms with van der Waals surface area (Å²) in [6.07, 6.45) is 0. The van der Waals surface area contributed by atoms with E-state index in [1.807, 2.05) is 18.2 Å². The van der Waals surface area contributed by atoms with Crippen LogP contribution in [0, 0.1) is 13.8 Å². The van der Waals surface area contributed by atoms with Crippen LogP contribution in [-0.4, -0.2) is 0 Å². The smallest absolute Gasteiger partial charge is 0.0657 e. The summed E-state index contributed by atoms with van der Waals surface area (Å²) in [6.45, 7) is 4.18. The number of anilines is 3. The third-order valence-electron chi connectivity index (χ3n) is 3.73. The molecule has 0 amide bonds. The van der Waals surface area contributed by atoms with Crippen LogP contribution in [0.15, 0.2) is 71.2 Å². The topological polar surface area (TPSA) is 3.24 Å². The predicted molar refractivity (Wildman–Crippen MR) is 103 cm³/mol. The summed E-state index contributed by atoms with van der Waals surface area (Å²) in [6, 6.07) is 22.9. The van der Waals surface area contributed by atoms with Crippen molar-refractivity contribution in [2.45, 2.75) is 13.8 Å². The lowest BCUT2D eigenvalue weighted by Gasteiger charge is -2.26. The SMILES string of the molecule is Cc1ccc(N(c2ccc(C)cc2)c2ccc(Br)cc2Cl)cc1. The molecule has 0 N–H and O–H groups in total. The van der Waals surface area contributed by atoms with Gasteiger partial charge >= 0.3 is 0 Å². The minimum Gasteiger partial charge on any atom is -0.309 e. The van der Waals surface area contributed by atoms with Crippen molar-refractivity contribution in [3.05, 3.63) is 87.4 Å². The molecule has 0 saturated carbocycles. The third-order valence-corrected chi connectivity index (χ3v) is 4.53. The van der Waals surface area contributed by atoms with E-state index < -0.39 is 0 Å². The molecule has 1 nitrogen and oxygen atoms in total. The lowest BCUT2D eigenvalue weighted by Crippen LogP contribution is -2.10. The van der Waals surface area contributed by atoms with Gasteiger partial charge < -0.3 is 4.90 Å². The monoisotopic (exact) mass is 385 g/mol. The molecule has 0 aromatic heterocycles. The number of nitrogens with zero attached hydrogens (tertiary/aromatic N) is 1. The lowest BCUT2D eigenvalue weighted by molar-refractivity contribution is 1.27. The Hall–Kier alpha value is -1.77. The van der Waals surface area contributed by atoms with Gasteiger partial charge in [0.1, 0.15) is 0 Å². The first-order valence-corrected chi connectivity index (χ1v) is 8.60. The maximum atomic E-state index is 6.51. The molecule has 3 rings (SSSR count). The molecule has 0 aliphatic carbocycles. The molecule has 0 fully saturated rings. The first-order valence-electron chi connectivity index (χ1n) is 7.43. The van der Waals surface area contributed by atoms with Gasteiger partial charge in [-0.15, -0.1) is 0 Å². The van der Waals surface area contributed by atoms with Crippen LogP contribution in [0.25, 0.3) is 0 Å². The van der Waals surface area contributed by atoms with Gasteiger partial charge in [0.15, 0.2) is 0 Å². The van der Waals surface area contributed by atoms with Crippen molar-refractivity contribution in [1.82, 2.24) is 0 Å². The first kappa shape index (κ1) is 16.1. The van der Waals surface area contributed by atoms with Crippen LogP contribution in [0.1, 0.15) is 11.1 Å². The van der Waals surface area contributed by atoms with Crippen LogP contribution in [0.4, 0.5) is 17.1 Å². The summed E-state index contributed by atoms with van der Waals surface area (Å²) < 4.78 is 0.971. The van der Waals surface area contributed by atoms with Gasteiger partial charge in [0.25, 0.3) is 0 Å². The fourth-order valence-electron chi connectivity index (χ4n) is 2.48. The Kier molecular flexibility index (Phi) is 4.74. The van der Waals surface area contributed by atoms with Gasteiger partial charge in [-0.1, -0.05) is 62.9 Å². The average molecular weight is 387 g/mol. The quantitative estimate of drug-likeness (QED) is 0.460. The van der Waals surface area contributed by atoms with Gasteiger partial charge in [0.2, 0.25) is 0 Å². The highest BCUT2D eigenvalue weighted by Gasteiger charge is 2.15. The summed E-state index contributed by atoms with van der Waals surface area (Å²) in [5.74, 6) is 0. The van der Waals surface area contributed by atoms with Crippen molar-refractivity contribution in [3.63, 3.8) is 0 Å². The van der Waals surface area contributed by atoms with Crippen molar-refractivity contribution in [2.75, 3.05) is 4.90 Å². The lowest BCUT2D eigenvalue weighted by atomic mass is 10.1. The van der Waals surface area contributed by atoms with Crippen LogP contribution < -0.4 is 4.90 Å². The van der Waals surface area contributed by atoms with Gasteiger partial charge in [-0.3, -0.25) is 0 Å². The summed E-state index contributed by atoms with van der Waals surface area (Å²) in [4.78, 5) is 2.17. The third kappa shape index (κ3) is 3.60. The van der Waals surface area contributed by atoms with E-state index in [1.54, 1.807) is 0 Å². The second-order valence-electron chi connectivity index (χ2n) is 5.60. The van der Waals surface area contributed by atoms with Crippen LogP contribution in [-0.2, 0) is 0 Å². The molecule has 0 aliphatic heterocycles. The van der Waals surface area contributed by atoms with Crippen molar-refractivity contribution in [3.8, 4) is 0 Å². The highest BCUT2D eigenvalue weighted by Crippen LogP contribution is 2.39. The van der Waals surface area contributed by atoms with Crippen molar-refractivity contribution in [2.24, 2.45) is 0 Å². The zero-order valence-electron chi connectivity index (χ0n) is 13.1. The first-order chi connectivity index (χ1) is 11.0. The number of halogens is 2.